The van der Waals surface area contributed by atoms with Crippen LogP contribution >= 0.6 is 0 Å². The van der Waals surface area contributed by atoms with Crippen molar-refractivity contribution < 1.29 is 9.21 Å². The Morgan fingerprint density at radius 2 is 2.33 bits per heavy atom. The smallest absolute Gasteiger partial charge is 0.301 e. The number of amides is 1. The van der Waals surface area contributed by atoms with Crippen molar-refractivity contribution in [2.24, 2.45) is 0 Å². The van der Waals surface area contributed by atoms with Gasteiger partial charge in [0.2, 0.25) is 0 Å². The van der Waals surface area contributed by atoms with Crippen LogP contribution in [0.3, 0.4) is 0 Å². The molecule has 0 fully saturated rings. The molecule has 2 N–H and O–H groups in total. The summed E-state index contributed by atoms with van der Waals surface area (Å²) in [6.45, 7) is 1.94. The number of carbonyl (C=O) groups excluding carboxylic acids is 1. The number of rotatable bonds is 3. The minimum Gasteiger partial charge on any atom is -0.432 e. The van der Waals surface area contributed by atoms with Gasteiger partial charge in [0.05, 0.1) is 17.2 Å². The van der Waals surface area contributed by atoms with Crippen LogP contribution in [0.1, 0.15) is 22.5 Å². The van der Waals surface area contributed by atoms with Crippen LogP contribution in [0.5, 0.6) is 0 Å². The molecule has 0 aliphatic carbocycles. The Kier molecular flexibility index (Phi) is 3.62. The number of H-pyrrole nitrogens is 1. The third kappa shape index (κ3) is 2.69. The molecule has 7 nitrogen and oxygen atoms in total. The Labute approximate surface area is 138 Å². The number of likely N-dealkylation sites (N-methyl/N-ethyl adjacent to an activating group) is 1. The number of anilines is 1. The van der Waals surface area contributed by atoms with Crippen LogP contribution in [0, 0.1) is 0 Å². The Morgan fingerprint density at radius 1 is 1.42 bits per heavy atom. The maximum Gasteiger partial charge on any atom is 0.301 e. The number of aromatic amines is 1. The second kappa shape index (κ2) is 5.93. The molecular formula is C17H17N5O2. The van der Waals surface area contributed by atoms with E-state index in [4.69, 9.17) is 4.42 Å². The molecule has 0 radical (unpaired) electrons. The zero-order valence-corrected chi connectivity index (χ0v) is 13.2. The highest BCUT2D eigenvalue weighted by molar-refractivity contribution is 6.03. The largest absolute Gasteiger partial charge is 0.432 e. The second-order valence-electron chi connectivity index (χ2n) is 5.83. The van der Waals surface area contributed by atoms with E-state index >= 15 is 0 Å². The summed E-state index contributed by atoms with van der Waals surface area (Å²) in [5, 5.41) is 2.59. The molecule has 0 saturated heterocycles. The summed E-state index contributed by atoms with van der Waals surface area (Å²) in [5.41, 5.74) is 4.37. The molecule has 0 atom stereocenters. The monoisotopic (exact) mass is 323 g/mol. The lowest BCUT2D eigenvalue weighted by Crippen LogP contribution is -2.23. The van der Waals surface area contributed by atoms with E-state index in [-0.39, 0.29) is 11.9 Å². The van der Waals surface area contributed by atoms with Crippen LogP contribution in [0.2, 0.25) is 0 Å². The first-order valence-corrected chi connectivity index (χ1v) is 7.77. The fourth-order valence-electron chi connectivity index (χ4n) is 2.83. The molecule has 3 aromatic rings. The highest BCUT2D eigenvalue weighted by Crippen LogP contribution is 2.28. The van der Waals surface area contributed by atoms with Gasteiger partial charge in [0, 0.05) is 24.8 Å². The lowest BCUT2D eigenvalue weighted by molar-refractivity contribution is 0.102. The molecule has 1 aliphatic rings. The van der Waals surface area contributed by atoms with E-state index < -0.39 is 0 Å². The van der Waals surface area contributed by atoms with Crippen molar-refractivity contribution in [1.82, 2.24) is 19.9 Å². The molecule has 4 heterocycles. The number of hydrogen-bond donors (Lipinski definition) is 2. The van der Waals surface area contributed by atoms with E-state index in [0.717, 1.165) is 36.1 Å². The van der Waals surface area contributed by atoms with Gasteiger partial charge >= 0.3 is 6.01 Å². The molecule has 3 aromatic heterocycles. The van der Waals surface area contributed by atoms with Gasteiger partial charge in [0.15, 0.2) is 0 Å². The van der Waals surface area contributed by atoms with Gasteiger partial charge in [-0.15, -0.1) is 0 Å². The van der Waals surface area contributed by atoms with Crippen LogP contribution in [-0.2, 0) is 0 Å². The van der Waals surface area contributed by atoms with E-state index in [0.29, 0.717) is 5.69 Å². The van der Waals surface area contributed by atoms with Crippen LogP contribution in [-0.4, -0.2) is 45.9 Å². The predicted octanol–water partition coefficient (Wildman–Crippen LogP) is 2.52. The van der Waals surface area contributed by atoms with Gasteiger partial charge in [-0.05, 0) is 31.2 Å². The molecule has 7 heteroatoms. The molecule has 1 amide bonds. The number of aromatic nitrogens is 3. The minimum absolute atomic E-state index is 0.161. The molecule has 1 aliphatic heterocycles. The van der Waals surface area contributed by atoms with E-state index in [9.17, 15) is 4.79 Å². The van der Waals surface area contributed by atoms with Crippen LogP contribution in [0.15, 0.2) is 41.3 Å². The Balaban J connectivity index is 1.67. The number of fused-ring (bicyclic) bond motifs is 1. The normalized spacial score (nSPS) is 15.5. The van der Waals surface area contributed by atoms with Crippen molar-refractivity contribution in [3.05, 3.63) is 48.1 Å². The third-order valence-corrected chi connectivity index (χ3v) is 4.17. The zero-order chi connectivity index (χ0) is 16.5. The average molecular weight is 323 g/mol. The highest BCUT2D eigenvalue weighted by atomic mass is 16.4. The molecule has 0 spiro atoms. The van der Waals surface area contributed by atoms with Crippen molar-refractivity contribution in [3.8, 4) is 0 Å². The number of nitrogens with zero attached hydrogens (tertiary/aromatic N) is 3. The fourth-order valence-corrected chi connectivity index (χ4v) is 2.83. The van der Waals surface area contributed by atoms with Crippen molar-refractivity contribution in [2.75, 3.05) is 25.5 Å². The van der Waals surface area contributed by atoms with Crippen LogP contribution in [0.25, 0.3) is 16.6 Å². The maximum atomic E-state index is 12.3. The summed E-state index contributed by atoms with van der Waals surface area (Å²) >= 11 is 0. The lowest BCUT2D eigenvalue weighted by atomic mass is 10.0. The van der Waals surface area contributed by atoms with Crippen molar-refractivity contribution in [3.63, 3.8) is 0 Å². The topological polar surface area (TPSA) is 87.0 Å². The first kappa shape index (κ1) is 14.6. The minimum atomic E-state index is -0.344. The number of pyridine rings is 1. The molecule has 4 rings (SSSR count). The van der Waals surface area contributed by atoms with Crippen molar-refractivity contribution >= 4 is 28.5 Å². The van der Waals surface area contributed by atoms with Crippen molar-refractivity contribution in [1.29, 1.82) is 0 Å². The number of hydrogen-bond acceptors (Lipinski definition) is 5. The number of nitrogens with one attached hydrogen (secondary N) is 2. The third-order valence-electron chi connectivity index (χ3n) is 4.17. The SMILES string of the molecule is CN1CC=C(c2c[nH]c3ccc(C(=O)Nc4ncco4)nc23)CC1. The predicted molar refractivity (Wildman–Crippen MR) is 90.6 cm³/mol. The summed E-state index contributed by atoms with van der Waals surface area (Å²) < 4.78 is 5.04. The van der Waals surface area contributed by atoms with Crippen LogP contribution < -0.4 is 5.32 Å². The molecule has 0 saturated carbocycles. The molecule has 122 valence electrons. The summed E-state index contributed by atoms with van der Waals surface area (Å²) in [4.78, 5) is 26.2. The van der Waals surface area contributed by atoms with Gasteiger partial charge in [-0.25, -0.2) is 9.97 Å². The summed E-state index contributed by atoms with van der Waals surface area (Å²) in [7, 11) is 2.10. The first-order chi connectivity index (χ1) is 11.7. The van der Waals surface area contributed by atoms with Gasteiger partial charge in [-0.2, -0.15) is 0 Å². The maximum absolute atomic E-state index is 12.3. The standard InChI is InChI=1S/C17H17N5O2/c1-22-7-4-11(5-8-22)12-10-19-13-2-3-14(20-15(12)13)16(23)21-17-18-6-9-24-17/h2-4,6,9-10,19H,5,7-8H2,1H3,(H,18,21,23). The lowest BCUT2D eigenvalue weighted by Gasteiger charge is -2.21. The molecule has 0 bridgehead atoms. The van der Waals surface area contributed by atoms with Gasteiger partial charge in [-0.1, -0.05) is 6.08 Å². The number of oxazole rings is 1. The molecule has 0 unspecified atom stereocenters. The average Bonchev–Trinajstić information content (AvgIpc) is 3.24. The Morgan fingerprint density at radius 3 is 3.08 bits per heavy atom. The fraction of sp³-hybridized carbons (Fsp3) is 0.235. The summed E-state index contributed by atoms with van der Waals surface area (Å²) in [6.07, 6.45) is 8.03. The highest BCUT2D eigenvalue weighted by Gasteiger charge is 2.17. The summed E-state index contributed by atoms with van der Waals surface area (Å²) in [6, 6.07) is 3.71. The van der Waals surface area contributed by atoms with Gasteiger partial charge in [-0.3, -0.25) is 10.1 Å². The molecule has 0 aromatic carbocycles. The van der Waals surface area contributed by atoms with Gasteiger partial charge in [0.25, 0.3) is 5.91 Å². The Hall–Kier alpha value is -2.93. The second-order valence-corrected chi connectivity index (χ2v) is 5.83. The first-order valence-electron chi connectivity index (χ1n) is 7.77. The van der Waals surface area contributed by atoms with E-state index in [1.807, 2.05) is 12.3 Å². The van der Waals surface area contributed by atoms with E-state index in [1.54, 1.807) is 6.07 Å². The molecule has 24 heavy (non-hydrogen) atoms. The number of carbonyl (C=O) groups is 1. The summed E-state index contributed by atoms with van der Waals surface area (Å²) in [5.74, 6) is -0.344. The van der Waals surface area contributed by atoms with Crippen molar-refractivity contribution in [2.45, 2.75) is 6.42 Å². The molecular weight excluding hydrogens is 306 g/mol. The Bertz CT molecular complexity index is 910. The quantitative estimate of drug-likeness (QED) is 0.773. The zero-order valence-electron chi connectivity index (χ0n) is 13.2. The van der Waals surface area contributed by atoms with E-state index in [1.165, 1.54) is 18.0 Å². The van der Waals surface area contributed by atoms with Gasteiger partial charge < -0.3 is 14.3 Å². The van der Waals surface area contributed by atoms with Crippen LogP contribution in [0.4, 0.5) is 6.01 Å². The van der Waals surface area contributed by atoms with Gasteiger partial charge in [0.1, 0.15) is 12.0 Å². The van der Waals surface area contributed by atoms with E-state index in [2.05, 4.69) is 38.3 Å².